The third-order valence-corrected chi connectivity index (χ3v) is 8.96. The van der Waals surface area contributed by atoms with Crippen LogP contribution in [0, 0.1) is 11.3 Å². The van der Waals surface area contributed by atoms with Crippen LogP contribution in [0.3, 0.4) is 0 Å². The van der Waals surface area contributed by atoms with Gasteiger partial charge in [-0.2, -0.15) is 0 Å². The van der Waals surface area contributed by atoms with Crippen molar-refractivity contribution in [3.8, 4) is 0 Å². The van der Waals surface area contributed by atoms with Gasteiger partial charge >= 0.3 is 0 Å². The molecule has 0 saturated heterocycles. The second-order valence-electron chi connectivity index (χ2n) is 14.1. The summed E-state index contributed by atoms with van der Waals surface area (Å²) in [5.41, 5.74) is 19.0. The molecule has 0 radical (unpaired) electrons. The summed E-state index contributed by atoms with van der Waals surface area (Å²) < 4.78 is 0. The lowest BCUT2D eigenvalue weighted by Gasteiger charge is -2.28. The first kappa shape index (κ1) is 45.7. The highest BCUT2D eigenvalue weighted by Gasteiger charge is 2.18. The topological polar surface area (TPSA) is 139 Å². The van der Waals surface area contributed by atoms with Crippen LogP contribution in [0.5, 0.6) is 0 Å². The molecule has 0 spiro atoms. The first-order valence-electron chi connectivity index (χ1n) is 18.8. The summed E-state index contributed by atoms with van der Waals surface area (Å²) >= 11 is 0. The molecule has 280 valence electrons. The van der Waals surface area contributed by atoms with Crippen LogP contribution in [0.15, 0.2) is 25.1 Å². The molecule has 0 bridgehead atoms. The lowest BCUT2D eigenvalue weighted by molar-refractivity contribution is 0.205. The Morgan fingerprint density at radius 3 is 1.57 bits per heavy atom. The molecule has 0 aromatic rings. The maximum absolute atomic E-state index is 5.96. The Labute approximate surface area is 291 Å². The third kappa shape index (κ3) is 28.3. The third-order valence-electron chi connectivity index (χ3n) is 8.96. The largest absolute Gasteiger partial charge is 0.390 e. The number of likely N-dealkylation sites (N-methyl/N-ethyl adjacent to an activating group) is 1. The maximum atomic E-state index is 5.96. The van der Waals surface area contributed by atoms with Gasteiger partial charge in [-0.3, -0.25) is 14.7 Å². The van der Waals surface area contributed by atoms with E-state index < -0.39 is 0 Å². The van der Waals surface area contributed by atoms with E-state index in [4.69, 9.17) is 17.2 Å². The zero-order valence-corrected chi connectivity index (χ0v) is 31.8. The summed E-state index contributed by atoms with van der Waals surface area (Å²) in [7, 11) is 0. The van der Waals surface area contributed by atoms with E-state index in [0.717, 1.165) is 130 Å². The highest BCUT2D eigenvalue weighted by atomic mass is 15.2. The van der Waals surface area contributed by atoms with Gasteiger partial charge in [0, 0.05) is 137 Å². The molecule has 0 atom stereocenters. The molecule has 0 aliphatic carbocycles. The van der Waals surface area contributed by atoms with Crippen molar-refractivity contribution < 1.29 is 0 Å². The monoisotopic (exact) mass is 668 g/mol. The summed E-state index contributed by atoms with van der Waals surface area (Å²) in [4.78, 5) is 9.84. The number of allylic oxidation sites excluding steroid dienone is 1. The van der Waals surface area contributed by atoms with Crippen molar-refractivity contribution >= 4 is 0 Å². The summed E-state index contributed by atoms with van der Waals surface area (Å²) in [5.74, 6) is 0.774. The molecule has 0 aliphatic rings. The SMILES string of the molecule is C=CNCCN(CCNCCN(CC)CCNC(=C)CCC(C)(C)CCC(C)C)CCN(CCN)CCNCCN(CCN)CCN. The summed E-state index contributed by atoms with van der Waals surface area (Å²) in [6.07, 6.45) is 6.62. The fraction of sp³-hybridized carbons (Fsp3) is 0.889. The van der Waals surface area contributed by atoms with Gasteiger partial charge in [-0.15, -0.1) is 0 Å². The molecule has 0 rings (SSSR count). The maximum Gasteiger partial charge on any atom is 0.0271 e. The molecule has 47 heavy (non-hydrogen) atoms. The van der Waals surface area contributed by atoms with Crippen molar-refractivity contribution in [3.63, 3.8) is 0 Å². The van der Waals surface area contributed by atoms with Crippen LogP contribution in [0.1, 0.15) is 60.3 Å². The summed E-state index contributed by atoms with van der Waals surface area (Å²) in [6.45, 7) is 39.4. The molecule has 11 heteroatoms. The number of nitrogens with one attached hydrogen (secondary N) is 4. The number of nitrogens with two attached hydrogens (primary N) is 3. The van der Waals surface area contributed by atoms with Gasteiger partial charge in [0.05, 0.1) is 0 Å². The van der Waals surface area contributed by atoms with Crippen molar-refractivity contribution in [1.29, 1.82) is 0 Å². The first-order valence-corrected chi connectivity index (χ1v) is 18.8. The van der Waals surface area contributed by atoms with Gasteiger partial charge in [0.2, 0.25) is 0 Å². The molecule has 11 nitrogen and oxygen atoms in total. The van der Waals surface area contributed by atoms with Crippen molar-refractivity contribution in [2.75, 3.05) is 137 Å². The van der Waals surface area contributed by atoms with E-state index in [1.54, 1.807) is 6.20 Å². The Bertz CT molecular complexity index is 713. The van der Waals surface area contributed by atoms with E-state index in [9.17, 15) is 0 Å². The zero-order chi connectivity index (χ0) is 35.2. The minimum Gasteiger partial charge on any atom is -0.390 e. The number of hydrogen-bond acceptors (Lipinski definition) is 11. The Kier molecular flexibility index (Phi) is 29.9. The summed E-state index contributed by atoms with van der Waals surface area (Å²) in [6, 6.07) is 0. The van der Waals surface area contributed by atoms with E-state index in [1.807, 2.05) is 0 Å². The summed E-state index contributed by atoms with van der Waals surface area (Å²) in [5, 5.41) is 14.1. The molecule has 0 unspecified atom stereocenters. The van der Waals surface area contributed by atoms with Gasteiger partial charge in [-0.05, 0) is 43.3 Å². The van der Waals surface area contributed by atoms with E-state index >= 15 is 0 Å². The molecule has 0 aromatic carbocycles. The predicted molar refractivity (Wildman–Crippen MR) is 207 cm³/mol. The zero-order valence-electron chi connectivity index (χ0n) is 31.8. The molecule has 0 aromatic heterocycles. The van der Waals surface area contributed by atoms with Crippen LogP contribution in [-0.4, -0.2) is 157 Å². The van der Waals surface area contributed by atoms with Gasteiger partial charge in [0.25, 0.3) is 0 Å². The molecule has 0 aliphatic heterocycles. The van der Waals surface area contributed by atoms with Crippen LogP contribution in [0.25, 0.3) is 0 Å². The second kappa shape index (κ2) is 30.8. The van der Waals surface area contributed by atoms with Crippen LogP contribution in [0.4, 0.5) is 0 Å². The standard InChI is InChI=1S/C36H81N11/c1-8-40-17-27-47(33-32-46(25-16-39)29-20-42-19-28-45(23-14-37)24-15-38)30-21-41-18-26-44(9-2)31-22-43-35(5)11-13-36(6,7)12-10-34(3)4/h8,34,40-43H,1,5,9-33,37-39H2,2-4,6-7H3. The van der Waals surface area contributed by atoms with Crippen LogP contribution in [-0.2, 0) is 0 Å². The van der Waals surface area contributed by atoms with Crippen molar-refractivity contribution in [1.82, 2.24) is 40.9 Å². The van der Waals surface area contributed by atoms with Gasteiger partial charge < -0.3 is 43.4 Å². The van der Waals surface area contributed by atoms with Gasteiger partial charge in [-0.1, -0.05) is 54.2 Å². The smallest absolute Gasteiger partial charge is 0.0271 e. The van der Waals surface area contributed by atoms with Gasteiger partial charge in [0.1, 0.15) is 0 Å². The van der Waals surface area contributed by atoms with Crippen LogP contribution < -0.4 is 38.5 Å². The highest BCUT2D eigenvalue weighted by Crippen LogP contribution is 2.30. The van der Waals surface area contributed by atoms with E-state index in [0.29, 0.717) is 25.0 Å². The number of nitrogens with zero attached hydrogens (tertiary/aromatic N) is 4. The van der Waals surface area contributed by atoms with Gasteiger partial charge in [-0.25, -0.2) is 0 Å². The minimum atomic E-state index is 0.382. The fourth-order valence-corrected chi connectivity index (χ4v) is 5.56. The van der Waals surface area contributed by atoms with E-state index in [1.165, 1.54) is 25.0 Å². The molecule has 0 heterocycles. The van der Waals surface area contributed by atoms with Crippen LogP contribution >= 0.6 is 0 Å². The average molecular weight is 668 g/mol. The first-order chi connectivity index (χ1) is 22.6. The van der Waals surface area contributed by atoms with E-state index in [-0.39, 0.29) is 0 Å². The highest BCUT2D eigenvalue weighted by molar-refractivity contribution is 4.92. The molecule has 0 fully saturated rings. The molecule has 0 amide bonds. The molecule has 0 saturated carbocycles. The number of rotatable bonds is 36. The normalized spacial score (nSPS) is 12.3. The second-order valence-corrected chi connectivity index (χ2v) is 14.1. The molecular weight excluding hydrogens is 586 g/mol. The minimum absolute atomic E-state index is 0.382. The van der Waals surface area contributed by atoms with Gasteiger partial charge in [0.15, 0.2) is 0 Å². The Morgan fingerprint density at radius 2 is 1.11 bits per heavy atom. The fourth-order valence-electron chi connectivity index (χ4n) is 5.56. The Morgan fingerprint density at radius 1 is 0.660 bits per heavy atom. The Balaban J connectivity index is 4.41. The van der Waals surface area contributed by atoms with Crippen molar-refractivity contribution in [2.24, 2.45) is 28.5 Å². The van der Waals surface area contributed by atoms with Crippen molar-refractivity contribution in [3.05, 3.63) is 25.1 Å². The average Bonchev–Trinajstić information content (AvgIpc) is 3.04. The molecule has 10 N–H and O–H groups in total. The lowest BCUT2D eigenvalue weighted by Crippen LogP contribution is -2.45. The van der Waals surface area contributed by atoms with E-state index in [2.05, 4.69) is 88.6 Å². The number of hydrogen-bond donors (Lipinski definition) is 7. The predicted octanol–water partition coefficient (Wildman–Crippen LogP) is 1.35. The van der Waals surface area contributed by atoms with Crippen LogP contribution in [0.2, 0.25) is 0 Å². The quantitative estimate of drug-likeness (QED) is 0.0488. The Hall–Kier alpha value is -1.28. The molecular formula is C36H81N11. The lowest BCUT2D eigenvalue weighted by atomic mass is 9.81. The van der Waals surface area contributed by atoms with Crippen molar-refractivity contribution in [2.45, 2.75) is 60.3 Å².